The van der Waals surface area contributed by atoms with Crippen molar-refractivity contribution in [3.05, 3.63) is 0 Å². The van der Waals surface area contributed by atoms with Gasteiger partial charge in [0.1, 0.15) is 6.61 Å². The van der Waals surface area contributed by atoms with Crippen molar-refractivity contribution < 1.29 is 4.84 Å². The fraction of sp³-hybridized carbons (Fsp3) is 0.941. The molecule has 0 spiro atoms. The molecule has 3 heteroatoms. The lowest BCUT2D eigenvalue weighted by Crippen LogP contribution is -2.33. The summed E-state index contributed by atoms with van der Waals surface area (Å²) >= 11 is 0. The Labute approximate surface area is 123 Å². The molecular formula is C17H30N2O. The van der Waals surface area contributed by atoms with Crippen LogP contribution in [0, 0.1) is 16.7 Å². The van der Waals surface area contributed by atoms with Crippen LogP contribution in [0.5, 0.6) is 0 Å². The van der Waals surface area contributed by atoms with Gasteiger partial charge in [0, 0.05) is 12.0 Å². The monoisotopic (exact) mass is 278 g/mol. The molecule has 2 aliphatic carbocycles. The maximum absolute atomic E-state index is 5.68. The number of nitrogens with zero attached hydrogens (tertiary/aromatic N) is 2. The van der Waals surface area contributed by atoms with E-state index in [1.165, 1.54) is 50.9 Å². The minimum atomic E-state index is 0.281. The SMILES string of the molecule is CC12CCC(C/C1=N\OCCN1CCCCC1)C2(C)C. The summed E-state index contributed by atoms with van der Waals surface area (Å²) in [6, 6.07) is 0. The van der Waals surface area contributed by atoms with Crippen LogP contribution in [0.2, 0.25) is 0 Å². The Hall–Kier alpha value is -0.570. The Kier molecular flexibility index (Phi) is 3.83. The molecular weight excluding hydrogens is 248 g/mol. The number of hydrogen-bond donors (Lipinski definition) is 0. The third-order valence-electron chi connectivity index (χ3n) is 6.63. The molecule has 0 amide bonds. The van der Waals surface area contributed by atoms with Crippen LogP contribution in [0.1, 0.15) is 59.3 Å². The Balaban J connectivity index is 1.50. The second-order valence-electron chi connectivity index (χ2n) is 7.77. The predicted molar refractivity (Wildman–Crippen MR) is 82.9 cm³/mol. The molecule has 2 saturated carbocycles. The first-order valence-electron chi connectivity index (χ1n) is 8.46. The fourth-order valence-electron chi connectivity index (χ4n) is 4.54. The molecule has 3 fully saturated rings. The van der Waals surface area contributed by atoms with E-state index in [0.29, 0.717) is 5.41 Å². The van der Waals surface area contributed by atoms with E-state index in [1.807, 2.05) is 0 Å². The second-order valence-corrected chi connectivity index (χ2v) is 7.77. The van der Waals surface area contributed by atoms with Crippen LogP contribution in [0.15, 0.2) is 5.16 Å². The largest absolute Gasteiger partial charge is 0.394 e. The van der Waals surface area contributed by atoms with Crippen molar-refractivity contribution in [2.75, 3.05) is 26.2 Å². The summed E-state index contributed by atoms with van der Waals surface area (Å²) in [5.41, 5.74) is 2.02. The van der Waals surface area contributed by atoms with Crippen LogP contribution in [-0.2, 0) is 4.84 Å². The lowest BCUT2D eigenvalue weighted by atomic mass is 9.70. The van der Waals surface area contributed by atoms with Crippen molar-refractivity contribution in [1.29, 1.82) is 0 Å². The molecule has 20 heavy (non-hydrogen) atoms. The van der Waals surface area contributed by atoms with Crippen molar-refractivity contribution in [1.82, 2.24) is 4.90 Å². The number of piperidine rings is 1. The third-order valence-corrected chi connectivity index (χ3v) is 6.63. The summed E-state index contributed by atoms with van der Waals surface area (Å²) < 4.78 is 0. The van der Waals surface area contributed by atoms with Crippen LogP contribution in [0.4, 0.5) is 0 Å². The van der Waals surface area contributed by atoms with E-state index >= 15 is 0 Å². The number of hydrogen-bond acceptors (Lipinski definition) is 3. The molecule has 0 aromatic carbocycles. The van der Waals surface area contributed by atoms with Crippen LogP contribution >= 0.6 is 0 Å². The molecule has 0 aromatic rings. The first-order chi connectivity index (χ1) is 9.54. The maximum atomic E-state index is 5.68. The zero-order valence-electron chi connectivity index (χ0n) is 13.5. The van der Waals surface area contributed by atoms with Gasteiger partial charge in [-0.3, -0.25) is 4.90 Å². The van der Waals surface area contributed by atoms with E-state index in [4.69, 9.17) is 4.84 Å². The zero-order valence-corrected chi connectivity index (χ0v) is 13.5. The molecule has 3 aliphatic rings. The summed E-state index contributed by atoms with van der Waals surface area (Å²) in [6.45, 7) is 11.5. The normalized spacial score (nSPS) is 38.5. The van der Waals surface area contributed by atoms with E-state index in [2.05, 4.69) is 30.8 Å². The smallest absolute Gasteiger partial charge is 0.129 e. The number of likely N-dealkylation sites (tertiary alicyclic amines) is 1. The average Bonchev–Trinajstić information content (AvgIpc) is 2.78. The fourth-order valence-corrected chi connectivity index (χ4v) is 4.54. The van der Waals surface area contributed by atoms with Gasteiger partial charge in [-0.1, -0.05) is 32.3 Å². The molecule has 1 aliphatic heterocycles. The second kappa shape index (κ2) is 5.32. The molecule has 0 radical (unpaired) electrons. The van der Waals surface area contributed by atoms with Crippen molar-refractivity contribution in [2.24, 2.45) is 21.9 Å². The van der Waals surface area contributed by atoms with Crippen LogP contribution in [0.25, 0.3) is 0 Å². The molecule has 2 bridgehead atoms. The Bertz CT molecular complexity index is 384. The highest BCUT2D eigenvalue weighted by molar-refractivity contribution is 5.93. The lowest BCUT2D eigenvalue weighted by molar-refractivity contribution is 0.0984. The van der Waals surface area contributed by atoms with Crippen molar-refractivity contribution >= 4 is 5.71 Å². The van der Waals surface area contributed by atoms with Crippen LogP contribution in [-0.4, -0.2) is 36.9 Å². The molecule has 2 unspecified atom stereocenters. The van der Waals surface area contributed by atoms with E-state index in [9.17, 15) is 0 Å². The van der Waals surface area contributed by atoms with E-state index in [-0.39, 0.29) is 5.41 Å². The van der Waals surface area contributed by atoms with Gasteiger partial charge in [-0.15, -0.1) is 0 Å². The predicted octanol–water partition coefficient (Wildman–Crippen LogP) is 3.69. The number of oxime groups is 1. The summed E-state index contributed by atoms with van der Waals surface area (Å²) in [7, 11) is 0. The Morgan fingerprint density at radius 3 is 2.55 bits per heavy atom. The highest BCUT2D eigenvalue weighted by Crippen LogP contribution is 2.63. The highest BCUT2D eigenvalue weighted by atomic mass is 16.6. The minimum absolute atomic E-state index is 0.281. The van der Waals surface area contributed by atoms with Crippen molar-refractivity contribution in [3.63, 3.8) is 0 Å². The molecule has 114 valence electrons. The molecule has 3 rings (SSSR count). The van der Waals surface area contributed by atoms with Gasteiger partial charge in [0.15, 0.2) is 0 Å². The maximum Gasteiger partial charge on any atom is 0.129 e. The first-order valence-corrected chi connectivity index (χ1v) is 8.46. The van der Waals surface area contributed by atoms with Crippen LogP contribution < -0.4 is 0 Å². The van der Waals surface area contributed by atoms with Crippen molar-refractivity contribution in [2.45, 2.75) is 59.3 Å². The van der Waals surface area contributed by atoms with E-state index < -0.39 is 0 Å². The average molecular weight is 278 g/mol. The highest BCUT2D eigenvalue weighted by Gasteiger charge is 2.60. The van der Waals surface area contributed by atoms with E-state index in [0.717, 1.165) is 25.5 Å². The topological polar surface area (TPSA) is 24.8 Å². The Morgan fingerprint density at radius 2 is 1.95 bits per heavy atom. The quantitative estimate of drug-likeness (QED) is 0.579. The molecule has 2 atom stereocenters. The summed E-state index contributed by atoms with van der Waals surface area (Å²) in [5, 5.41) is 4.55. The Morgan fingerprint density at radius 1 is 1.20 bits per heavy atom. The molecule has 1 heterocycles. The third kappa shape index (κ3) is 2.28. The standard InChI is InChI=1S/C17H30N2O/c1-16(2)14-7-8-17(16,3)15(13-14)18-20-12-11-19-9-5-4-6-10-19/h14H,4-13H2,1-3H3/b18-15+. The summed E-state index contributed by atoms with van der Waals surface area (Å²) in [4.78, 5) is 8.19. The van der Waals surface area contributed by atoms with Gasteiger partial charge in [-0.05, 0) is 56.5 Å². The first kappa shape index (κ1) is 14.4. The zero-order chi connectivity index (χ0) is 14.2. The molecule has 0 N–H and O–H groups in total. The molecule has 3 nitrogen and oxygen atoms in total. The molecule has 0 aromatic heterocycles. The van der Waals surface area contributed by atoms with Crippen molar-refractivity contribution in [3.8, 4) is 0 Å². The minimum Gasteiger partial charge on any atom is -0.394 e. The van der Waals surface area contributed by atoms with Crippen LogP contribution in [0.3, 0.4) is 0 Å². The van der Waals surface area contributed by atoms with Gasteiger partial charge < -0.3 is 4.84 Å². The van der Waals surface area contributed by atoms with Gasteiger partial charge in [-0.2, -0.15) is 0 Å². The van der Waals surface area contributed by atoms with Gasteiger partial charge in [0.2, 0.25) is 0 Å². The molecule has 1 saturated heterocycles. The summed E-state index contributed by atoms with van der Waals surface area (Å²) in [6.07, 6.45) is 7.92. The van der Waals surface area contributed by atoms with Gasteiger partial charge in [0.25, 0.3) is 0 Å². The van der Waals surface area contributed by atoms with Gasteiger partial charge in [0.05, 0.1) is 5.71 Å². The summed E-state index contributed by atoms with van der Waals surface area (Å²) in [5.74, 6) is 0.817. The number of rotatable bonds is 4. The van der Waals surface area contributed by atoms with E-state index in [1.54, 1.807) is 0 Å². The lowest BCUT2D eigenvalue weighted by Gasteiger charge is -2.34. The van der Waals surface area contributed by atoms with Gasteiger partial charge in [-0.25, -0.2) is 0 Å². The van der Waals surface area contributed by atoms with Gasteiger partial charge >= 0.3 is 0 Å². The number of fused-ring (bicyclic) bond motifs is 2.